The molecule has 0 spiro atoms. The fourth-order valence-corrected chi connectivity index (χ4v) is 3.06. The summed E-state index contributed by atoms with van der Waals surface area (Å²) in [4.78, 5) is 9.03. The summed E-state index contributed by atoms with van der Waals surface area (Å²) >= 11 is 0. The van der Waals surface area contributed by atoms with Crippen molar-refractivity contribution in [2.75, 3.05) is 13.1 Å². The number of hydrogen-bond acceptors (Lipinski definition) is 4. The molecule has 0 aliphatic carbocycles. The molecular formula is C25H30N4O2. The third-order valence-electron chi connectivity index (χ3n) is 4.82. The molecule has 3 rings (SSSR count). The first-order valence-corrected chi connectivity index (χ1v) is 10.5. The average Bonchev–Trinajstić information content (AvgIpc) is 2.81. The predicted octanol–water partition coefficient (Wildman–Crippen LogP) is 3.62. The molecule has 162 valence electrons. The van der Waals surface area contributed by atoms with Gasteiger partial charge in [0.05, 0.1) is 13.1 Å². The maximum Gasteiger partial charge on any atom is 0.218 e. The number of aromatic nitrogens is 1. The standard InChI is InChI=1S/C25H30N4O2/c1-3-26-24(29-19-25(2,30)22-14-8-5-9-15-22)28-17-21-13-10-16-27-23(21)31-18-20-11-6-4-7-12-20/h4-16,30H,3,17-19H2,1-2H3,(H2,26,28,29). The maximum atomic E-state index is 10.8. The summed E-state index contributed by atoms with van der Waals surface area (Å²) in [6.07, 6.45) is 1.72. The summed E-state index contributed by atoms with van der Waals surface area (Å²) in [5, 5.41) is 17.3. The smallest absolute Gasteiger partial charge is 0.218 e. The SMILES string of the molecule is CCNC(=NCc1cccnc1OCc1ccccc1)NCC(C)(O)c1ccccc1. The van der Waals surface area contributed by atoms with E-state index < -0.39 is 5.60 Å². The monoisotopic (exact) mass is 418 g/mol. The number of ether oxygens (including phenoxy) is 1. The lowest BCUT2D eigenvalue weighted by Gasteiger charge is -2.25. The number of guanidine groups is 1. The van der Waals surface area contributed by atoms with Gasteiger partial charge in [-0.1, -0.05) is 66.7 Å². The van der Waals surface area contributed by atoms with Crippen molar-refractivity contribution in [3.8, 4) is 5.88 Å². The summed E-state index contributed by atoms with van der Waals surface area (Å²) in [7, 11) is 0. The summed E-state index contributed by atoms with van der Waals surface area (Å²) in [5.74, 6) is 1.19. The van der Waals surface area contributed by atoms with Crippen LogP contribution in [0.2, 0.25) is 0 Å². The van der Waals surface area contributed by atoms with E-state index in [2.05, 4.69) is 20.6 Å². The first kappa shape index (κ1) is 22.3. The van der Waals surface area contributed by atoms with Gasteiger partial charge in [0, 0.05) is 18.3 Å². The largest absolute Gasteiger partial charge is 0.473 e. The van der Waals surface area contributed by atoms with Gasteiger partial charge >= 0.3 is 0 Å². The third kappa shape index (κ3) is 6.83. The molecule has 31 heavy (non-hydrogen) atoms. The first-order chi connectivity index (χ1) is 15.1. The lowest BCUT2D eigenvalue weighted by Crippen LogP contribution is -2.44. The Labute approximate surface area is 184 Å². The Balaban J connectivity index is 1.65. The molecule has 0 aliphatic rings. The van der Waals surface area contributed by atoms with E-state index in [1.807, 2.05) is 79.7 Å². The molecule has 0 saturated heterocycles. The minimum atomic E-state index is -1.02. The Morgan fingerprint density at radius 2 is 1.71 bits per heavy atom. The van der Waals surface area contributed by atoms with Gasteiger partial charge in [-0.25, -0.2) is 9.98 Å². The molecule has 0 fully saturated rings. The van der Waals surface area contributed by atoms with Crippen LogP contribution in [0.15, 0.2) is 84.0 Å². The number of aliphatic imine (C=N–C) groups is 1. The molecule has 6 nitrogen and oxygen atoms in total. The molecule has 0 amide bonds. The molecule has 0 radical (unpaired) electrons. The Bertz CT molecular complexity index is 960. The third-order valence-corrected chi connectivity index (χ3v) is 4.82. The van der Waals surface area contributed by atoms with Crippen molar-refractivity contribution < 1.29 is 9.84 Å². The highest BCUT2D eigenvalue weighted by atomic mass is 16.5. The van der Waals surface area contributed by atoms with Crippen LogP contribution in [0.1, 0.15) is 30.5 Å². The summed E-state index contributed by atoms with van der Waals surface area (Å²) < 4.78 is 5.93. The van der Waals surface area contributed by atoms with Crippen molar-refractivity contribution in [1.29, 1.82) is 0 Å². The van der Waals surface area contributed by atoms with Gasteiger partial charge in [0.25, 0.3) is 0 Å². The maximum absolute atomic E-state index is 10.8. The van der Waals surface area contributed by atoms with Crippen molar-refractivity contribution in [2.45, 2.75) is 32.6 Å². The number of hydrogen-bond donors (Lipinski definition) is 3. The molecule has 0 saturated carbocycles. The summed E-state index contributed by atoms with van der Waals surface area (Å²) in [6.45, 7) is 5.69. The number of nitrogens with zero attached hydrogens (tertiary/aromatic N) is 2. The second kappa shape index (κ2) is 11.1. The molecule has 1 atom stereocenters. The van der Waals surface area contributed by atoms with E-state index in [0.29, 0.717) is 38.1 Å². The average molecular weight is 419 g/mol. The Morgan fingerprint density at radius 1 is 1.00 bits per heavy atom. The topological polar surface area (TPSA) is 78.8 Å². The lowest BCUT2D eigenvalue weighted by atomic mass is 9.96. The number of rotatable bonds is 9. The second-order valence-electron chi connectivity index (χ2n) is 7.43. The predicted molar refractivity (Wildman–Crippen MR) is 124 cm³/mol. The highest BCUT2D eigenvalue weighted by Crippen LogP contribution is 2.19. The Hall–Kier alpha value is -3.38. The van der Waals surface area contributed by atoms with Gasteiger partial charge in [-0.15, -0.1) is 0 Å². The minimum Gasteiger partial charge on any atom is -0.473 e. The zero-order valence-electron chi connectivity index (χ0n) is 18.1. The first-order valence-electron chi connectivity index (χ1n) is 10.5. The highest BCUT2D eigenvalue weighted by molar-refractivity contribution is 5.79. The van der Waals surface area contributed by atoms with Crippen molar-refractivity contribution >= 4 is 5.96 Å². The van der Waals surface area contributed by atoms with Gasteiger partial charge in [-0.05, 0) is 31.0 Å². The Kier molecular flexibility index (Phi) is 8.01. The van der Waals surface area contributed by atoms with Gasteiger partial charge in [0.2, 0.25) is 5.88 Å². The number of pyridine rings is 1. The van der Waals surface area contributed by atoms with Crippen LogP contribution in [-0.4, -0.2) is 29.1 Å². The van der Waals surface area contributed by atoms with Crippen LogP contribution < -0.4 is 15.4 Å². The number of nitrogens with one attached hydrogen (secondary N) is 2. The molecule has 3 aromatic rings. The van der Waals surface area contributed by atoms with Crippen LogP contribution in [0.3, 0.4) is 0 Å². The fraction of sp³-hybridized carbons (Fsp3) is 0.280. The van der Waals surface area contributed by atoms with Crippen molar-refractivity contribution in [3.05, 3.63) is 95.7 Å². The van der Waals surface area contributed by atoms with Gasteiger partial charge in [0.15, 0.2) is 5.96 Å². The van der Waals surface area contributed by atoms with Gasteiger partial charge < -0.3 is 20.5 Å². The molecule has 6 heteroatoms. The van der Waals surface area contributed by atoms with Crippen LogP contribution in [-0.2, 0) is 18.8 Å². The molecule has 2 aromatic carbocycles. The number of aliphatic hydroxyl groups is 1. The number of benzene rings is 2. The quantitative estimate of drug-likeness (QED) is 0.365. The van der Waals surface area contributed by atoms with Crippen LogP contribution in [0.5, 0.6) is 5.88 Å². The van der Waals surface area contributed by atoms with E-state index in [-0.39, 0.29) is 0 Å². The van der Waals surface area contributed by atoms with E-state index in [4.69, 9.17) is 4.74 Å². The van der Waals surface area contributed by atoms with E-state index in [0.717, 1.165) is 16.7 Å². The zero-order valence-corrected chi connectivity index (χ0v) is 18.1. The lowest BCUT2D eigenvalue weighted by molar-refractivity contribution is 0.0617. The molecule has 0 aliphatic heterocycles. The van der Waals surface area contributed by atoms with Crippen molar-refractivity contribution in [2.24, 2.45) is 4.99 Å². The summed E-state index contributed by atoms with van der Waals surface area (Å²) in [6, 6.07) is 23.4. The second-order valence-corrected chi connectivity index (χ2v) is 7.43. The molecule has 1 heterocycles. The van der Waals surface area contributed by atoms with Gasteiger partial charge in [0.1, 0.15) is 12.2 Å². The van der Waals surface area contributed by atoms with Crippen LogP contribution in [0.4, 0.5) is 0 Å². The van der Waals surface area contributed by atoms with Crippen LogP contribution in [0, 0.1) is 0 Å². The van der Waals surface area contributed by atoms with Crippen LogP contribution >= 0.6 is 0 Å². The Morgan fingerprint density at radius 3 is 2.42 bits per heavy atom. The zero-order chi connectivity index (χ0) is 21.9. The van der Waals surface area contributed by atoms with E-state index in [9.17, 15) is 5.11 Å². The van der Waals surface area contributed by atoms with E-state index in [1.165, 1.54) is 0 Å². The minimum absolute atomic E-state index is 0.327. The molecule has 0 bridgehead atoms. The fourth-order valence-electron chi connectivity index (χ4n) is 3.06. The normalized spacial score (nSPS) is 13.3. The molecular weight excluding hydrogens is 388 g/mol. The highest BCUT2D eigenvalue weighted by Gasteiger charge is 2.23. The van der Waals surface area contributed by atoms with E-state index >= 15 is 0 Å². The van der Waals surface area contributed by atoms with Gasteiger partial charge in [-0.3, -0.25) is 0 Å². The van der Waals surface area contributed by atoms with Gasteiger partial charge in [-0.2, -0.15) is 0 Å². The molecule has 1 aromatic heterocycles. The van der Waals surface area contributed by atoms with E-state index in [1.54, 1.807) is 13.1 Å². The molecule has 1 unspecified atom stereocenters. The van der Waals surface area contributed by atoms with Crippen LogP contribution in [0.25, 0.3) is 0 Å². The van der Waals surface area contributed by atoms with Crippen molar-refractivity contribution in [1.82, 2.24) is 15.6 Å². The molecule has 3 N–H and O–H groups in total. The summed E-state index contributed by atoms with van der Waals surface area (Å²) in [5.41, 5.74) is 1.81. The van der Waals surface area contributed by atoms with Crippen molar-refractivity contribution in [3.63, 3.8) is 0 Å².